The van der Waals surface area contributed by atoms with E-state index in [2.05, 4.69) is 15.3 Å². The van der Waals surface area contributed by atoms with Crippen LogP contribution in [0.5, 0.6) is 0 Å². The number of amides is 1. The third kappa shape index (κ3) is 3.32. The molecule has 0 aliphatic heterocycles. The van der Waals surface area contributed by atoms with E-state index in [4.69, 9.17) is 5.73 Å². The molecule has 24 heavy (non-hydrogen) atoms. The molecule has 2 aromatic heterocycles. The predicted octanol–water partition coefficient (Wildman–Crippen LogP) is 1.04. The Hall–Kier alpha value is -2.64. The van der Waals surface area contributed by atoms with Gasteiger partial charge in [-0.25, -0.2) is 9.78 Å². The van der Waals surface area contributed by atoms with Gasteiger partial charge in [-0.05, 0) is 23.8 Å². The lowest BCUT2D eigenvalue weighted by Crippen LogP contribution is -2.28. The number of aryl methyl sites for hydroxylation is 1. The predicted molar refractivity (Wildman–Crippen MR) is 95.4 cm³/mol. The summed E-state index contributed by atoms with van der Waals surface area (Å²) in [5.41, 5.74) is 8.68. The Morgan fingerprint density at radius 1 is 1.33 bits per heavy atom. The number of nitrogens with zero attached hydrogens (tertiary/aromatic N) is 2. The van der Waals surface area contributed by atoms with E-state index in [0.29, 0.717) is 29.8 Å². The van der Waals surface area contributed by atoms with Crippen LogP contribution in [0.25, 0.3) is 22.3 Å². The smallest absolute Gasteiger partial charge is 0.327 e. The number of aromatic amines is 1. The second-order valence-corrected chi connectivity index (χ2v) is 5.21. The highest BCUT2D eigenvalue weighted by molar-refractivity contribution is 5.95. The molecular weight excluding hydrogens is 330 g/mol. The van der Waals surface area contributed by atoms with Crippen molar-refractivity contribution in [2.75, 3.05) is 13.1 Å². The molecule has 4 N–H and O–H groups in total. The maximum absolute atomic E-state index is 12.0. The van der Waals surface area contributed by atoms with Crippen LogP contribution in [0.2, 0.25) is 0 Å². The van der Waals surface area contributed by atoms with E-state index < -0.39 is 0 Å². The molecule has 0 aliphatic carbocycles. The number of carbonyl (C=O) groups excluding carboxylic acids is 1. The summed E-state index contributed by atoms with van der Waals surface area (Å²) in [6.45, 7) is 0.829. The molecule has 0 atom stereocenters. The van der Waals surface area contributed by atoms with E-state index >= 15 is 0 Å². The highest BCUT2D eigenvalue weighted by Crippen LogP contribution is 2.22. The van der Waals surface area contributed by atoms with E-state index in [1.165, 1.54) is 4.57 Å². The van der Waals surface area contributed by atoms with Crippen molar-refractivity contribution in [1.29, 1.82) is 0 Å². The number of pyridine rings is 1. The van der Waals surface area contributed by atoms with Gasteiger partial charge in [-0.3, -0.25) is 14.3 Å². The maximum atomic E-state index is 12.0. The molecule has 0 fully saturated rings. The number of nitrogens with one attached hydrogen (secondary N) is 2. The van der Waals surface area contributed by atoms with Crippen LogP contribution >= 0.6 is 12.4 Å². The zero-order valence-electron chi connectivity index (χ0n) is 13.1. The molecule has 0 aliphatic rings. The minimum Gasteiger partial charge on any atom is -0.351 e. The van der Waals surface area contributed by atoms with E-state index in [9.17, 15) is 9.59 Å². The first-order chi connectivity index (χ1) is 11.1. The van der Waals surface area contributed by atoms with Gasteiger partial charge < -0.3 is 11.1 Å². The Labute approximate surface area is 144 Å². The zero-order chi connectivity index (χ0) is 16.4. The van der Waals surface area contributed by atoms with Gasteiger partial charge in [-0.15, -0.1) is 12.4 Å². The van der Waals surface area contributed by atoms with Gasteiger partial charge in [0.25, 0.3) is 5.91 Å². The molecule has 126 valence electrons. The number of carbonyl (C=O) groups is 1. The maximum Gasteiger partial charge on any atom is 0.327 e. The van der Waals surface area contributed by atoms with Crippen LogP contribution in [0.3, 0.4) is 0 Å². The highest BCUT2D eigenvalue weighted by Gasteiger charge is 2.09. The Balaban J connectivity index is 0.00000208. The molecule has 1 aromatic carbocycles. The van der Waals surface area contributed by atoms with Crippen LogP contribution in [0, 0.1) is 0 Å². The van der Waals surface area contributed by atoms with E-state index in [-0.39, 0.29) is 24.0 Å². The lowest BCUT2D eigenvalue weighted by atomic mass is 10.0. The summed E-state index contributed by atoms with van der Waals surface area (Å²) in [4.78, 5) is 30.6. The molecule has 0 unspecified atom stereocenters. The van der Waals surface area contributed by atoms with Gasteiger partial charge >= 0.3 is 5.69 Å². The van der Waals surface area contributed by atoms with Gasteiger partial charge in [0.15, 0.2) is 5.65 Å². The molecule has 1 amide bonds. The molecule has 3 rings (SSSR count). The van der Waals surface area contributed by atoms with Crippen molar-refractivity contribution in [3.05, 3.63) is 52.6 Å². The van der Waals surface area contributed by atoms with E-state index in [1.807, 2.05) is 18.2 Å². The minimum atomic E-state index is -0.209. The average Bonchev–Trinajstić information content (AvgIpc) is 2.87. The second-order valence-electron chi connectivity index (χ2n) is 5.21. The lowest BCUT2D eigenvalue weighted by Gasteiger charge is -2.06. The molecule has 3 aromatic rings. The number of hydrogen-bond donors (Lipinski definition) is 3. The summed E-state index contributed by atoms with van der Waals surface area (Å²) >= 11 is 0. The Kier molecular flexibility index (Phi) is 5.38. The van der Waals surface area contributed by atoms with Gasteiger partial charge in [0.1, 0.15) is 0 Å². The number of aromatic nitrogens is 3. The number of hydrogen-bond acceptors (Lipinski definition) is 4. The van der Waals surface area contributed by atoms with Crippen LogP contribution < -0.4 is 16.7 Å². The number of benzene rings is 1. The summed E-state index contributed by atoms with van der Waals surface area (Å²) < 4.78 is 1.50. The molecule has 0 radical (unpaired) electrons. The summed E-state index contributed by atoms with van der Waals surface area (Å²) in [5.74, 6) is -0.166. The fourth-order valence-electron chi connectivity index (χ4n) is 2.39. The van der Waals surface area contributed by atoms with Gasteiger partial charge in [0.2, 0.25) is 0 Å². The number of fused-ring (bicyclic) bond motifs is 1. The molecule has 0 saturated carbocycles. The van der Waals surface area contributed by atoms with Crippen LogP contribution in [0.15, 0.2) is 41.3 Å². The quantitative estimate of drug-likeness (QED) is 0.655. The van der Waals surface area contributed by atoms with Crippen molar-refractivity contribution in [2.24, 2.45) is 12.8 Å². The number of halogens is 1. The van der Waals surface area contributed by atoms with Crippen LogP contribution in [0.1, 0.15) is 10.4 Å². The van der Waals surface area contributed by atoms with Crippen LogP contribution in [0.4, 0.5) is 0 Å². The van der Waals surface area contributed by atoms with E-state index in [1.54, 1.807) is 25.4 Å². The topological polar surface area (TPSA) is 106 Å². The van der Waals surface area contributed by atoms with Crippen molar-refractivity contribution in [1.82, 2.24) is 19.9 Å². The molecule has 0 spiro atoms. The molecule has 2 heterocycles. The summed E-state index contributed by atoms with van der Waals surface area (Å²) in [7, 11) is 1.68. The first kappa shape index (κ1) is 17.7. The molecule has 7 nitrogen and oxygen atoms in total. The average molecular weight is 348 g/mol. The Morgan fingerprint density at radius 2 is 2.12 bits per heavy atom. The van der Waals surface area contributed by atoms with Crippen molar-refractivity contribution in [3.8, 4) is 11.1 Å². The molecule has 0 bridgehead atoms. The normalized spacial score (nSPS) is 10.4. The standard InChI is InChI=1S/C16H17N5O2.ClH/c1-21-13-8-12(9-19-14(13)20-16(21)23)10-3-2-4-11(7-10)15(22)18-6-5-17;/h2-4,7-9H,5-6,17H2,1H3,(H,18,22)(H,19,20,23);1H. The fourth-order valence-corrected chi connectivity index (χ4v) is 2.39. The highest BCUT2D eigenvalue weighted by atomic mass is 35.5. The number of rotatable bonds is 4. The van der Waals surface area contributed by atoms with Crippen molar-refractivity contribution >= 4 is 29.5 Å². The molecule has 0 saturated heterocycles. The SMILES string of the molecule is Cl.Cn1c(=O)[nH]c2ncc(-c3cccc(C(=O)NCCN)c3)cc21. The third-order valence-corrected chi connectivity index (χ3v) is 3.65. The van der Waals surface area contributed by atoms with Crippen molar-refractivity contribution in [3.63, 3.8) is 0 Å². The number of nitrogens with two attached hydrogens (primary N) is 1. The fraction of sp³-hybridized carbons (Fsp3) is 0.188. The second kappa shape index (κ2) is 7.29. The van der Waals surface area contributed by atoms with Crippen molar-refractivity contribution in [2.45, 2.75) is 0 Å². The lowest BCUT2D eigenvalue weighted by molar-refractivity contribution is 0.0955. The first-order valence-electron chi connectivity index (χ1n) is 7.23. The summed E-state index contributed by atoms with van der Waals surface area (Å²) in [5, 5.41) is 2.74. The summed E-state index contributed by atoms with van der Waals surface area (Å²) in [6.07, 6.45) is 1.68. The van der Waals surface area contributed by atoms with Gasteiger partial charge in [-0.1, -0.05) is 12.1 Å². The first-order valence-corrected chi connectivity index (χ1v) is 7.23. The zero-order valence-corrected chi connectivity index (χ0v) is 13.9. The van der Waals surface area contributed by atoms with Crippen LogP contribution in [-0.4, -0.2) is 33.5 Å². The summed E-state index contributed by atoms with van der Waals surface area (Å²) in [6, 6.07) is 9.12. The van der Waals surface area contributed by atoms with Crippen LogP contribution in [-0.2, 0) is 7.05 Å². The number of H-pyrrole nitrogens is 1. The number of imidazole rings is 1. The minimum absolute atomic E-state index is 0. The van der Waals surface area contributed by atoms with Gasteiger partial charge in [-0.2, -0.15) is 0 Å². The van der Waals surface area contributed by atoms with Gasteiger partial charge in [0, 0.05) is 37.5 Å². The Bertz CT molecular complexity index is 932. The largest absolute Gasteiger partial charge is 0.351 e. The van der Waals surface area contributed by atoms with Gasteiger partial charge in [0.05, 0.1) is 5.52 Å². The monoisotopic (exact) mass is 347 g/mol. The molecular formula is C16H18ClN5O2. The van der Waals surface area contributed by atoms with E-state index in [0.717, 1.165) is 11.1 Å². The third-order valence-electron chi connectivity index (χ3n) is 3.65. The Morgan fingerprint density at radius 3 is 2.88 bits per heavy atom. The van der Waals surface area contributed by atoms with Crippen molar-refractivity contribution < 1.29 is 4.79 Å². The molecule has 8 heteroatoms.